The Balaban J connectivity index is 0. The van der Waals surface area contributed by atoms with Crippen LogP contribution in [0.25, 0.3) is 0 Å². The zero-order chi connectivity index (χ0) is 11.3. The first-order valence-electron chi connectivity index (χ1n) is 5.41. The van der Waals surface area contributed by atoms with Crippen LogP contribution in [0.4, 0.5) is 0 Å². The Labute approximate surface area is 115 Å². The Bertz CT molecular complexity index is 210. The lowest BCUT2D eigenvalue weighted by atomic mass is 10.2. The Morgan fingerprint density at radius 2 is 1.82 bits per heavy atom. The molecular formula is C10H23Cl2N3O2. The van der Waals surface area contributed by atoms with Crippen molar-refractivity contribution >= 4 is 30.7 Å². The summed E-state index contributed by atoms with van der Waals surface area (Å²) in [6.07, 6.45) is 0. The minimum atomic E-state index is -0.379. The molecule has 5 nitrogen and oxygen atoms in total. The van der Waals surface area contributed by atoms with E-state index in [9.17, 15) is 4.79 Å². The molecule has 1 aliphatic heterocycles. The maximum atomic E-state index is 11.6. The average Bonchev–Trinajstić information content (AvgIpc) is 2.26. The van der Waals surface area contributed by atoms with Crippen molar-refractivity contribution in [3.63, 3.8) is 0 Å². The number of ether oxygens (including phenoxy) is 1. The Morgan fingerprint density at radius 1 is 1.29 bits per heavy atom. The quantitative estimate of drug-likeness (QED) is 0.789. The Hall–Kier alpha value is -0.0700. The first-order chi connectivity index (χ1) is 7.15. The summed E-state index contributed by atoms with van der Waals surface area (Å²) in [5, 5.41) is 0. The number of methoxy groups -OCH3 is 1. The van der Waals surface area contributed by atoms with Gasteiger partial charge in [0.25, 0.3) is 0 Å². The van der Waals surface area contributed by atoms with E-state index in [2.05, 4.69) is 4.90 Å². The highest BCUT2D eigenvalue weighted by Gasteiger charge is 2.22. The summed E-state index contributed by atoms with van der Waals surface area (Å²) in [7, 11) is 1.70. The fraction of sp³-hybridized carbons (Fsp3) is 0.900. The molecule has 1 saturated heterocycles. The molecule has 0 aromatic heterocycles. The molecule has 0 saturated carbocycles. The van der Waals surface area contributed by atoms with Crippen LogP contribution in [0.5, 0.6) is 0 Å². The summed E-state index contributed by atoms with van der Waals surface area (Å²) in [5.74, 6) is 0.0568. The zero-order valence-corrected chi connectivity index (χ0v) is 12.1. The van der Waals surface area contributed by atoms with E-state index in [1.54, 1.807) is 14.0 Å². The van der Waals surface area contributed by atoms with Gasteiger partial charge in [-0.15, -0.1) is 24.8 Å². The fourth-order valence-corrected chi connectivity index (χ4v) is 1.70. The van der Waals surface area contributed by atoms with Gasteiger partial charge in [-0.25, -0.2) is 0 Å². The van der Waals surface area contributed by atoms with E-state index >= 15 is 0 Å². The molecule has 1 amide bonds. The minimum Gasteiger partial charge on any atom is -0.383 e. The number of carbonyl (C=O) groups excluding carboxylic acids is 1. The highest BCUT2D eigenvalue weighted by atomic mass is 35.5. The van der Waals surface area contributed by atoms with Crippen molar-refractivity contribution in [3.8, 4) is 0 Å². The third kappa shape index (κ3) is 6.43. The van der Waals surface area contributed by atoms with Crippen molar-refractivity contribution in [3.05, 3.63) is 0 Å². The van der Waals surface area contributed by atoms with Crippen molar-refractivity contribution in [2.75, 3.05) is 46.4 Å². The third-order valence-electron chi connectivity index (χ3n) is 2.69. The molecule has 0 aliphatic carbocycles. The van der Waals surface area contributed by atoms with E-state index < -0.39 is 0 Å². The normalized spacial score (nSPS) is 17.9. The van der Waals surface area contributed by atoms with E-state index in [4.69, 9.17) is 10.5 Å². The van der Waals surface area contributed by atoms with Crippen LogP contribution in [-0.4, -0.2) is 68.2 Å². The smallest absolute Gasteiger partial charge is 0.239 e. The first-order valence-corrected chi connectivity index (χ1v) is 5.41. The number of hydrogen-bond acceptors (Lipinski definition) is 4. The van der Waals surface area contributed by atoms with Gasteiger partial charge in [-0.05, 0) is 6.92 Å². The molecule has 1 atom stereocenters. The van der Waals surface area contributed by atoms with Crippen LogP contribution in [-0.2, 0) is 9.53 Å². The molecule has 104 valence electrons. The first kappa shape index (κ1) is 19.3. The molecule has 2 N–H and O–H groups in total. The van der Waals surface area contributed by atoms with Gasteiger partial charge < -0.3 is 15.4 Å². The van der Waals surface area contributed by atoms with Crippen molar-refractivity contribution in [2.24, 2.45) is 5.73 Å². The molecule has 0 aromatic rings. The average molecular weight is 288 g/mol. The molecule has 1 aliphatic rings. The number of halogens is 2. The SMILES string of the molecule is COCCN1CCN(C(=O)C(C)N)CC1.Cl.Cl. The van der Waals surface area contributed by atoms with E-state index in [0.29, 0.717) is 0 Å². The lowest BCUT2D eigenvalue weighted by Gasteiger charge is -2.35. The maximum absolute atomic E-state index is 11.6. The van der Waals surface area contributed by atoms with Crippen LogP contribution in [0.1, 0.15) is 6.92 Å². The van der Waals surface area contributed by atoms with E-state index in [0.717, 1.165) is 39.3 Å². The molecule has 17 heavy (non-hydrogen) atoms. The molecule has 1 rings (SSSR count). The van der Waals surface area contributed by atoms with Crippen LogP contribution in [0.15, 0.2) is 0 Å². The highest BCUT2D eigenvalue weighted by Crippen LogP contribution is 2.02. The number of piperazine rings is 1. The van der Waals surface area contributed by atoms with Crippen LogP contribution in [0, 0.1) is 0 Å². The Morgan fingerprint density at radius 3 is 2.24 bits per heavy atom. The van der Waals surface area contributed by atoms with Gasteiger partial charge >= 0.3 is 0 Å². The molecule has 0 bridgehead atoms. The van der Waals surface area contributed by atoms with Gasteiger partial charge in [-0.3, -0.25) is 9.69 Å². The van der Waals surface area contributed by atoms with Crippen LogP contribution in [0.3, 0.4) is 0 Å². The van der Waals surface area contributed by atoms with E-state index in [1.165, 1.54) is 0 Å². The fourth-order valence-electron chi connectivity index (χ4n) is 1.70. The zero-order valence-electron chi connectivity index (χ0n) is 10.4. The molecule has 1 heterocycles. The molecule has 0 aromatic carbocycles. The van der Waals surface area contributed by atoms with Crippen molar-refractivity contribution < 1.29 is 9.53 Å². The summed E-state index contributed by atoms with van der Waals surface area (Å²) in [6, 6.07) is -0.379. The molecule has 0 spiro atoms. The standard InChI is InChI=1S/C10H21N3O2.2ClH/c1-9(11)10(14)13-5-3-12(4-6-13)7-8-15-2;;/h9H,3-8,11H2,1-2H3;2*1H. The van der Waals surface area contributed by atoms with Crippen molar-refractivity contribution in [1.29, 1.82) is 0 Å². The largest absolute Gasteiger partial charge is 0.383 e. The number of amides is 1. The van der Waals surface area contributed by atoms with Crippen LogP contribution >= 0.6 is 24.8 Å². The number of nitrogens with two attached hydrogens (primary N) is 1. The molecule has 7 heteroatoms. The molecular weight excluding hydrogens is 265 g/mol. The minimum absolute atomic E-state index is 0. The van der Waals surface area contributed by atoms with Gasteiger partial charge in [0.15, 0.2) is 0 Å². The van der Waals surface area contributed by atoms with Crippen LogP contribution < -0.4 is 5.73 Å². The monoisotopic (exact) mass is 287 g/mol. The summed E-state index contributed by atoms with van der Waals surface area (Å²) in [4.78, 5) is 15.7. The van der Waals surface area contributed by atoms with E-state index in [-0.39, 0.29) is 36.8 Å². The molecule has 1 fully saturated rings. The highest BCUT2D eigenvalue weighted by molar-refractivity contribution is 5.85. The third-order valence-corrected chi connectivity index (χ3v) is 2.69. The summed E-state index contributed by atoms with van der Waals surface area (Å²) < 4.78 is 5.01. The lowest BCUT2D eigenvalue weighted by molar-refractivity contribution is -0.134. The predicted molar refractivity (Wildman–Crippen MR) is 73.0 cm³/mol. The van der Waals surface area contributed by atoms with Crippen molar-refractivity contribution in [2.45, 2.75) is 13.0 Å². The van der Waals surface area contributed by atoms with Gasteiger partial charge in [-0.1, -0.05) is 0 Å². The number of carbonyl (C=O) groups is 1. The summed E-state index contributed by atoms with van der Waals surface area (Å²) in [5.41, 5.74) is 5.56. The molecule has 1 unspecified atom stereocenters. The second-order valence-electron chi connectivity index (χ2n) is 3.95. The van der Waals surface area contributed by atoms with Crippen molar-refractivity contribution in [1.82, 2.24) is 9.80 Å². The van der Waals surface area contributed by atoms with Crippen LogP contribution in [0.2, 0.25) is 0 Å². The van der Waals surface area contributed by atoms with Gasteiger partial charge in [0.05, 0.1) is 12.6 Å². The van der Waals surface area contributed by atoms with E-state index in [1.807, 2.05) is 4.90 Å². The molecule has 0 radical (unpaired) electrons. The van der Waals surface area contributed by atoms with Gasteiger partial charge in [0, 0.05) is 39.8 Å². The maximum Gasteiger partial charge on any atom is 0.239 e. The number of nitrogens with zero attached hydrogens (tertiary/aromatic N) is 2. The number of rotatable bonds is 4. The predicted octanol–water partition coefficient (Wildman–Crippen LogP) is -0.0322. The van der Waals surface area contributed by atoms with Gasteiger partial charge in [0.1, 0.15) is 0 Å². The second-order valence-corrected chi connectivity index (χ2v) is 3.95. The Kier molecular flexibility index (Phi) is 11.2. The lowest BCUT2D eigenvalue weighted by Crippen LogP contribution is -2.52. The number of hydrogen-bond donors (Lipinski definition) is 1. The second kappa shape index (κ2) is 9.91. The summed E-state index contributed by atoms with van der Waals surface area (Å²) in [6.45, 7) is 6.83. The summed E-state index contributed by atoms with van der Waals surface area (Å²) >= 11 is 0. The topological polar surface area (TPSA) is 58.8 Å². The van der Waals surface area contributed by atoms with Gasteiger partial charge in [0.2, 0.25) is 5.91 Å². The van der Waals surface area contributed by atoms with Gasteiger partial charge in [-0.2, -0.15) is 0 Å².